The van der Waals surface area contributed by atoms with Crippen molar-refractivity contribution < 1.29 is 17.6 Å². The number of hydrogen-bond acceptors (Lipinski definition) is 6. The molecule has 0 amide bonds. The van der Waals surface area contributed by atoms with Crippen LogP contribution in [0.2, 0.25) is 0 Å². The van der Waals surface area contributed by atoms with Gasteiger partial charge in [0.2, 0.25) is 5.16 Å². The van der Waals surface area contributed by atoms with Crippen molar-refractivity contribution in [2.75, 3.05) is 14.1 Å². The molecule has 1 atom stereocenters. The maximum atomic E-state index is 13.3. The molecule has 11 heteroatoms. The third-order valence-corrected chi connectivity index (χ3v) is 4.89. The standard InChI is InChI=1S/C17H16F4N6S/c1-10(26(2)3)15-24-25-16(27(15)12-6-4-11(18)5-7-12)28-14-9-8-13(22-23-14)17(19,20)21/h4-10H,1-3H3. The number of alkyl halides is 3. The molecule has 0 N–H and O–H groups in total. The number of hydrogen-bond donors (Lipinski definition) is 0. The summed E-state index contributed by atoms with van der Waals surface area (Å²) in [6.45, 7) is 1.93. The van der Waals surface area contributed by atoms with Crippen LogP contribution in [0.5, 0.6) is 0 Å². The van der Waals surface area contributed by atoms with Crippen LogP contribution in [0.1, 0.15) is 24.5 Å². The van der Waals surface area contributed by atoms with Crippen LogP contribution in [0.4, 0.5) is 17.6 Å². The Morgan fingerprint density at radius 3 is 2.18 bits per heavy atom. The van der Waals surface area contributed by atoms with Crippen molar-refractivity contribution in [3.63, 3.8) is 0 Å². The number of benzene rings is 1. The summed E-state index contributed by atoms with van der Waals surface area (Å²) < 4.78 is 53.0. The summed E-state index contributed by atoms with van der Waals surface area (Å²) in [5.74, 6) is 0.209. The first kappa shape index (κ1) is 20.2. The summed E-state index contributed by atoms with van der Waals surface area (Å²) >= 11 is 1.02. The van der Waals surface area contributed by atoms with E-state index in [2.05, 4.69) is 20.4 Å². The summed E-state index contributed by atoms with van der Waals surface area (Å²) in [5.41, 5.74) is -0.448. The molecule has 28 heavy (non-hydrogen) atoms. The Kier molecular flexibility index (Phi) is 5.66. The van der Waals surface area contributed by atoms with E-state index in [-0.39, 0.29) is 16.9 Å². The van der Waals surface area contributed by atoms with E-state index in [4.69, 9.17) is 0 Å². The van der Waals surface area contributed by atoms with Crippen LogP contribution in [0.15, 0.2) is 46.6 Å². The highest BCUT2D eigenvalue weighted by Crippen LogP contribution is 2.32. The lowest BCUT2D eigenvalue weighted by molar-refractivity contribution is -0.141. The van der Waals surface area contributed by atoms with Gasteiger partial charge in [-0.3, -0.25) is 9.47 Å². The first-order valence-electron chi connectivity index (χ1n) is 8.13. The van der Waals surface area contributed by atoms with E-state index in [1.807, 2.05) is 25.9 Å². The Balaban J connectivity index is 2.00. The highest BCUT2D eigenvalue weighted by Gasteiger charge is 2.33. The molecule has 0 aliphatic carbocycles. The van der Waals surface area contributed by atoms with Crippen LogP contribution in [-0.2, 0) is 6.18 Å². The zero-order valence-electron chi connectivity index (χ0n) is 15.1. The Morgan fingerprint density at radius 2 is 1.64 bits per heavy atom. The first-order chi connectivity index (χ1) is 13.2. The summed E-state index contributed by atoms with van der Waals surface area (Å²) in [6.07, 6.45) is -4.56. The van der Waals surface area contributed by atoms with Crippen molar-refractivity contribution in [3.05, 3.63) is 53.7 Å². The quantitative estimate of drug-likeness (QED) is 0.591. The van der Waals surface area contributed by atoms with Crippen LogP contribution in [0, 0.1) is 5.82 Å². The molecule has 0 aliphatic heterocycles. The van der Waals surface area contributed by atoms with Crippen LogP contribution < -0.4 is 0 Å². The number of rotatable bonds is 5. The van der Waals surface area contributed by atoms with E-state index < -0.39 is 11.9 Å². The maximum absolute atomic E-state index is 13.3. The van der Waals surface area contributed by atoms with Gasteiger partial charge >= 0.3 is 6.18 Å². The molecule has 0 radical (unpaired) electrons. The van der Waals surface area contributed by atoms with Crippen molar-refractivity contribution in [1.29, 1.82) is 0 Å². The minimum atomic E-state index is -4.56. The van der Waals surface area contributed by atoms with Crippen molar-refractivity contribution in [2.24, 2.45) is 0 Å². The Morgan fingerprint density at radius 1 is 0.964 bits per heavy atom. The van der Waals surface area contributed by atoms with Gasteiger partial charge in [-0.2, -0.15) is 13.2 Å². The topological polar surface area (TPSA) is 59.7 Å². The molecule has 3 aromatic rings. The normalized spacial score (nSPS) is 13.1. The van der Waals surface area contributed by atoms with Gasteiger partial charge in [0.05, 0.1) is 6.04 Å². The third kappa shape index (κ3) is 4.30. The fourth-order valence-corrected chi connectivity index (χ4v) is 3.08. The van der Waals surface area contributed by atoms with Gasteiger partial charge in [-0.25, -0.2) is 4.39 Å². The van der Waals surface area contributed by atoms with Gasteiger partial charge in [0.1, 0.15) is 10.8 Å². The lowest BCUT2D eigenvalue weighted by Crippen LogP contribution is -2.20. The molecule has 0 spiro atoms. The van der Waals surface area contributed by atoms with Gasteiger partial charge in [-0.1, -0.05) is 0 Å². The lowest BCUT2D eigenvalue weighted by atomic mass is 10.2. The van der Waals surface area contributed by atoms with Crippen LogP contribution in [-0.4, -0.2) is 44.0 Å². The molecule has 2 heterocycles. The highest BCUT2D eigenvalue weighted by atomic mass is 32.2. The van der Waals surface area contributed by atoms with Crippen LogP contribution in [0.3, 0.4) is 0 Å². The number of halogens is 4. The summed E-state index contributed by atoms with van der Waals surface area (Å²) in [7, 11) is 3.75. The second kappa shape index (κ2) is 7.84. The zero-order valence-corrected chi connectivity index (χ0v) is 16.0. The monoisotopic (exact) mass is 412 g/mol. The molecule has 1 unspecified atom stereocenters. The van der Waals surface area contributed by atoms with Crippen LogP contribution in [0.25, 0.3) is 5.69 Å². The van der Waals surface area contributed by atoms with Gasteiger partial charge in [-0.15, -0.1) is 20.4 Å². The summed E-state index contributed by atoms with van der Waals surface area (Å²) in [6, 6.07) is 7.74. The van der Waals surface area contributed by atoms with Crippen molar-refractivity contribution in [2.45, 2.75) is 29.3 Å². The SMILES string of the molecule is CC(c1nnc(Sc2ccc(C(F)(F)F)nn2)n1-c1ccc(F)cc1)N(C)C. The van der Waals surface area contributed by atoms with Gasteiger partial charge in [-0.05, 0) is 69.2 Å². The van der Waals surface area contributed by atoms with E-state index in [9.17, 15) is 17.6 Å². The largest absolute Gasteiger partial charge is 0.435 e. The average Bonchev–Trinajstić information content (AvgIpc) is 3.04. The molecule has 6 nitrogen and oxygen atoms in total. The van der Waals surface area contributed by atoms with E-state index in [0.29, 0.717) is 16.7 Å². The van der Waals surface area contributed by atoms with E-state index in [1.165, 1.54) is 18.2 Å². The minimum Gasteiger partial charge on any atom is -0.300 e. The number of nitrogens with zero attached hydrogens (tertiary/aromatic N) is 6. The molecular weight excluding hydrogens is 396 g/mol. The highest BCUT2D eigenvalue weighted by molar-refractivity contribution is 7.99. The molecular formula is C17H16F4N6S. The van der Waals surface area contributed by atoms with Gasteiger partial charge in [0.25, 0.3) is 0 Å². The van der Waals surface area contributed by atoms with E-state index >= 15 is 0 Å². The van der Waals surface area contributed by atoms with Gasteiger partial charge in [0.15, 0.2) is 11.5 Å². The summed E-state index contributed by atoms with van der Waals surface area (Å²) in [5, 5.41) is 15.8. The zero-order chi connectivity index (χ0) is 20.5. The Labute approximate surface area is 162 Å². The smallest absolute Gasteiger partial charge is 0.300 e. The molecule has 0 saturated heterocycles. The molecule has 3 rings (SSSR count). The van der Waals surface area contributed by atoms with Crippen molar-refractivity contribution in [1.82, 2.24) is 29.9 Å². The van der Waals surface area contributed by atoms with Crippen LogP contribution >= 0.6 is 11.8 Å². The Hall–Kier alpha value is -2.53. The predicted molar refractivity (Wildman–Crippen MR) is 94.6 cm³/mol. The first-order valence-corrected chi connectivity index (χ1v) is 8.95. The Bertz CT molecular complexity index is 938. The molecule has 0 saturated carbocycles. The predicted octanol–water partition coefficient (Wildman–Crippen LogP) is 3.99. The second-order valence-corrected chi connectivity index (χ2v) is 7.14. The molecule has 0 bridgehead atoms. The molecule has 0 aliphatic rings. The van der Waals surface area contributed by atoms with Gasteiger partial charge < -0.3 is 0 Å². The number of aromatic nitrogens is 5. The minimum absolute atomic E-state index is 0.120. The molecule has 148 valence electrons. The third-order valence-electron chi connectivity index (χ3n) is 4.02. The van der Waals surface area contributed by atoms with Crippen molar-refractivity contribution in [3.8, 4) is 5.69 Å². The molecule has 0 fully saturated rings. The van der Waals surface area contributed by atoms with E-state index in [1.54, 1.807) is 16.7 Å². The second-order valence-electron chi connectivity index (χ2n) is 6.15. The fourth-order valence-electron chi connectivity index (χ4n) is 2.30. The fraction of sp³-hybridized carbons (Fsp3) is 0.294. The van der Waals surface area contributed by atoms with Gasteiger partial charge in [0, 0.05) is 5.69 Å². The average molecular weight is 412 g/mol. The molecule has 2 aromatic heterocycles. The van der Waals surface area contributed by atoms with E-state index in [0.717, 1.165) is 17.8 Å². The molecule has 1 aromatic carbocycles. The maximum Gasteiger partial charge on any atom is 0.435 e. The lowest BCUT2D eigenvalue weighted by Gasteiger charge is -2.20. The summed E-state index contributed by atoms with van der Waals surface area (Å²) in [4.78, 5) is 1.93. The van der Waals surface area contributed by atoms with Crippen molar-refractivity contribution >= 4 is 11.8 Å².